The van der Waals surface area contributed by atoms with Crippen LogP contribution in [0.3, 0.4) is 0 Å². The van der Waals surface area contributed by atoms with Gasteiger partial charge in [-0.05, 0) is 29.8 Å². The molecule has 1 aromatic heterocycles. The number of carboxylic acid groups (broad SMARTS) is 1. The van der Waals surface area contributed by atoms with Crippen molar-refractivity contribution >= 4 is 34.4 Å². The van der Waals surface area contributed by atoms with E-state index in [2.05, 4.69) is 25.4 Å². The van der Waals surface area contributed by atoms with E-state index in [1.807, 2.05) is 0 Å². The number of amides is 2. The lowest BCUT2D eigenvalue weighted by Gasteiger charge is -2.09. The van der Waals surface area contributed by atoms with E-state index in [9.17, 15) is 9.59 Å². The van der Waals surface area contributed by atoms with E-state index >= 15 is 0 Å². The molecule has 0 bridgehead atoms. The van der Waals surface area contributed by atoms with Gasteiger partial charge in [-0.15, -0.1) is 0 Å². The van der Waals surface area contributed by atoms with Crippen molar-refractivity contribution < 1.29 is 14.7 Å². The fourth-order valence-corrected chi connectivity index (χ4v) is 1.80. The van der Waals surface area contributed by atoms with Crippen molar-refractivity contribution in [2.75, 3.05) is 10.6 Å². The van der Waals surface area contributed by atoms with Crippen molar-refractivity contribution in [2.45, 2.75) is 6.92 Å². The third-order valence-corrected chi connectivity index (χ3v) is 2.84. The Morgan fingerprint density at radius 2 is 2.11 bits per heavy atom. The van der Waals surface area contributed by atoms with E-state index in [1.54, 1.807) is 19.1 Å². The molecule has 0 aliphatic heterocycles. The molecule has 0 atom stereocenters. The number of hydrogen-bond donors (Lipinski definition) is 3. The number of aromatic nitrogens is 3. The Labute approximate surface area is 111 Å². The highest BCUT2D eigenvalue weighted by Crippen LogP contribution is 2.19. The first kappa shape index (κ1) is 12.9. The van der Waals surface area contributed by atoms with Crippen LogP contribution in [0.1, 0.15) is 15.9 Å². The monoisotopic (exact) mass is 279 g/mol. The number of rotatable bonds is 3. The number of anilines is 2. The lowest BCUT2D eigenvalue weighted by atomic mass is 10.1. The topological polar surface area (TPSA) is 117 Å². The molecule has 0 aliphatic rings. The van der Waals surface area contributed by atoms with E-state index in [4.69, 9.17) is 5.11 Å². The summed E-state index contributed by atoms with van der Waals surface area (Å²) in [5.74, 6) is -1.05. The van der Waals surface area contributed by atoms with E-state index in [-0.39, 0.29) is 10.7 Å². The Kier molecular flexibility index (Phi) is 3.66. The smallest absolute Gasteiger partial charge is 0.336 e. The predicted octanol–water partition coefficient (Wildman–Crippen LogP) is 1.58. The Morgan fingerprint density at radius 3 is 2.74 bits per heavy atom. The maximum atomic E-state index is 11.7. The number of carboxylic acids is 1. The first-order valence-electron chi connectivity index (χ1n) is 5.14. The van der Waals surface area contributed by atoms with Crippen LogP contribution in [0.4, 0.5) is 15.6 Å². The fourth-order valence-electron chi connectivity index (χ4n) is 1.44. The van der Waals surface area contributed by atoms with E-state index < -0.39 is 12.0 Å². The summed E-state index contributed by atoms with van der Waals surface area (Å²) in [6.45, 7) is 1.62. The number of benzene rings is 1. The zero-order valence-electron chi connectivity index (χ0n) is 9.75. The molecule has 0 fully saturated rings. The number of nitrogens with zero attached hydrogens (tertiary/aromatic N) is 3. The van der Waals surface area contributed by atoms with Crippen LogP contribution in [0, 0.1) is 6.92 Å². The van der Waals surface area contributed by atoms with Crippen LogP contribution in [0.15, 0.2) is 18.2 Å². The molecule has 0 radical (unpaired) electrons. The van der Waals surface area contributed by atoms with Crippen molar-refractivity contribution in [1.82, 2.24) is 14.8 Å². The third kappa shape index (κ3) is 3.01. The zero-order chi connectivity index (χ0) is 13.8. The predicted molar refractivity (Wildman–Crippen MR) is 68.5 cm³/mol. The molecule has 19 heavy (non-hydrogen) atoms. The average Bonchev–Trinajstić information content (AvgIpc) is 2.84. The van der Waals surface area contributed by atoms with Gasteiger partial charge in [0.25, 0.3) is 0 Å². The lowest BCUT2D eigenvalue weighted by molar-refractivity contribution is 0.0696. The lowest BCUT2D eigenvalue weighted by Crippen LogP contribution is -2.20. The standard InChI is InChI=1S/C10H9N5O3S/c1-5-6(8(16)17)3-2-4-7(5)11-9(18)12-10-13-14-15-19-10/h2-4H,1H3,(H,16,17)(H2,11,12,13,15,18). The van der Waals surface area contributed by atoms with Crippen LogP contribution >= 0.6 is 11.5 Å². The van der Waals surface area contributed by atoms with Crippen LogP contribution in [0.2, 0.25) is 0 Å². The molecule has 0 saturated carbocycles. The van der Waals surface area contributed by atoms with Gasteiger partial charge in [0.1, 0.15) is 0 Å². The first-order valence-corrected chi connectivity index (χ1v) is 5.91. The molecule has 0 spiro atoms. The first-order chi connectivity index (χ1) is 9.08. The second-order valence-electron chi connectivity index (χ2n) is 3.53. The summed E-state index contributed by atoms with van der Waals surface area (Å²) in [5.41, 5.74) is 1.02. The van der Waals surface area contributed by atoms with E-state index in [0.717, 1.165) is 11.5 Å². The molecule has 1 heterocycles. The second kappa shape index (κ2) is 5.40. The highest BCUT2D eigenvalue weighted by molar-refractivity contribution is 7.09. The quantitative estimate of drug-likeness (QED) is 0.785. The molecule has 2 amide bonds. The van der Waals surface area contributed by atoms with Gasteiger partial charge in [-0.2, -0.15) is 0 Å². The summed E-state index contributed by atoms with van der Waals surface area (Å²) >= 11 is 0.936. The van der Waals surface area contributed by atoms with Crippen molar-refractivity contribution in [3.05, 3.63) is 29.3 Å². The largest absolute Gasteiger partial charge is 0.478 e. The molecule has 3 N–H and O–H groups in total. The number of hydrogen-bond acceptors (Lipinski definition) is 6. The van der Waals surface area contributed by atoms with Gasteiger partial charge in [0.05, 0.1) is 5.56 Å². The molecule has 8 nitrogen and oxygen atoms in total. The molecule has 0 saturated heterocycles. The van der Waals surface area contributed by atoms with Gasteiger partial charge in [-0.3, -0.25) is 5.32 Å². The molecule has 0 unspecified atom stereocenters. The number of urea groups is 1. The molecule has 1 aromatic carbocycles. The van der Waals surface area contributed by atoms with Gasteiger partial charge in [-0.25, -0.2) is 9.59 Å². The summed E-state index contributed by atoms with van der Waals surface area (Å²) in [4.78, 5) is 22.6. The summed E-state index contributed by atoms with van der Waals surface area (Å²) in [6, 6.07) is 4.09. The summed E-state index contributed by atoms with van der Waals surface area (Å²) < 4.78 is 3.50. The van der Waals surface area contributed by atoms with Gasteiger partial charge in [0.2, 0.25) is 5.13 Å². The highest BCUT2D eigenvalue weighted by Gasteiger charge is 2.12. The molecule has 2 rings (SSSR count). The molecule has 9 heteroatoms. The molecule has 2 aromatic rings. The minimum atomic E-state index is -1.05. The number of nitrogens with one attached hydrogen (secondary N) is 2. The molecular formula is C10H9N5O3S. The van der Waals surface area contributed by atoms with Crippen molar-refractivity contribution in [3.63, 3.8) is 0 Å². The maximum Gasteiger partial charge on any atom is 0.336 e. The number of aromatic carboxylic acids is 1. The Balaban J connectivity index is 2.13. The van der Waals surface area contributed by atoms with Crippen molar-refractivity contribution in [1.29, 1.82) is 0 Å². The van der Waals surface area contributed by atoms with Crippen LogP contribution in [-0.4, -0.2) is 31.9 Å². The van der Waals surface area contributed by atoms with Gasteiger partial charge in [0.15, 0.2) is 0 Å². The number of carbonyl (C=O) groups is 2. The van der Waals surface area contributed by atoms with Crippen molar-refractivity contribution in [3.8, 4) is 0 Å². The zero-order valence-corrected chi connectivity index (χ0v) is 10.6. The minimum Gasteiger partial charge on any atom is -0.478 e. The van der Waals surface area contributed by atoms with E-state index in [0.29, 0.717) is 11.3 Å². The Morgan fingerprint density at radius 1 is 1.32 bits per heavy atom. The molecule has 98 valence electrons. The molecular weight excluding hydrogens is 270 g/mol. The van der Waals surface area contributed by atoms with Crippen LogP contribution in [-0.2, 0) is 0 Å². The highest BCUT2D eigenvalue weighted by atomic mass is 32.1. The maximum absolute atomic E-state index is 11.7. The van der Waals surface area contributed by atoms with Crippen LogP contribution in [0.5, 0.6) is 0 Å². The van der Waals surface area contributed by atoms with Gasteiger partial charge < -0.3 is 10.4 Å². The number of carbonyl (C=O) groups excluding carboxylic acids is 1. The third-order valence-electron chi connectivity index (χ3n) is 2.33. The summed E-state index contributed by atoms with van der Waals surface area (Å²) in [5, 5.41) is 21.1. The van der Waals surface area contributed by atoms with Crippen LogP contribution < -0.4 is 10.6 Å². The second-order valence-corrected chi connectivity index (χ2v) is 4.26. The molecule has 0 aliphatic carbocycles. The van der Waals surface area contributed by atoms with Crippen molar-refractivity contribution in [2.24, 2.45) is 0 Å². The Bertz CT molecular complexity index is 614. The normalized spacial score (nSPS) is 9.95. The Hall–Kier alpha value is -2.55. The van der Waals surface area contributed by atoms with Gasteiger partial charge in [0, 0.05) is 17.2 Å². The van der Waals surface area contributed by atoms with E-state index in [1.165, 1.54) is 6.07 Å². The van der Waals surface area contributed by atoms with Gasteiger partial charge in [-0.1, -0.05) is 15.7 Å². The van der Waals surface area contributed by atoms with Crippen LogP contribution in [0.25, 0.3) is 0 Å². The fraction of sp³-hybridized carbons (Fsp3) is 0.100. The minimum absolute atomic E-state index is 0.135. The van der Waals surface area contributed by atoms with Gasteiger partial charge >= 0.3 is 12.0 Å². The summed E-state index contributed by atoms with van der Waals surface area (Å²) in [6.07, 6.45) is 0. The SMILES string of the molecule is Cc1c(NC(=O)Nc2nnns2)cccc1C(=O)O. The summed E-state index contributed by atoms with van der Waals surface area (Å²) in [7, 11) is 0. The average molecular weight is 279 g/mol.